The topological polar surface area (TPSA) is 86.2 Å². The normalized spacial score (nSPS) is 37.2. The first-order valence-electron chi connectivity index (χ1n) is 3.54. The summed E-state index contributed by atoms with van der Waals surface area (Å²) in [5.74, 6) is 0.267. The van der Waals surface area contributed by atoms with Gasteiger partial charge in [0.25, 0.3) is 0 Å². The van der Waals surface area contributed by atoms with Gasteiger partial charge in [-0.2, -0.15) is 0 Å². The second-order valence-electron chi connectivity index (χ2n) is 3.43. The molecule has 1 aliphatic rings. The van der Waals surface area contributed by atoms with E-state index in [1.165, 1.54) is 6.26 Å². The Kier molecular flexibility index (Phi) is 1.98. The highest BCUT2D eigenvalue weighted by molar-refractivity contribution is 7.90. The van der Waals surface area contributed by atoms with E-state index in [2.05, 4.69) is 0 Å². The van der Waals surface area contributed by atoms with Crippen LogP contribution in [0.4, 0.5) is 0 Å². The van der Waals surface area contributed by atoms with E-state index in [0.717, 1.165) is 6.42 Å². The van der Waals surface area contributed by atoms with Crippen molar-refractivity contribution in [3.63, 3.8) is 0 Å². The van der Waals surface area contributed by atoms with Gasteiger partial charge < -0.3 is 11.5 Å². The first-order valence-corrected chi connectivity index (χ1v) is 5.60. The Labute approximate surface area is 66.9 Å². The van der Waals surface area contributed by atoms with Gasteiger partial charge in [-0.25, -0.2) is 8.42 Å². The third-order valence-electron chi connectivity index (χ3n) is 2.16. The smallest absolute Gasteiger partial charge is 0.147 e. The summed E-state index contributed by atoms with van der Waals surface area (Å²) in [5, 5.41) is 0. The molecule has 4 nitrogen and oxygen atoms in total. The monoisotopic (exact) mass is 178 g/mol. The average molecular weight is 178 g/mol. The van der Waals surface area contributed by atoms with Crippen molar-refractivity contribution in [1.29, 1.82) is 0 Å². The number of nitrogens with two attached hydrogens (primary N) is 2. The lowest BCUT2D eigenvalue weighted by atomic mass is 10.2. The highest BCUT2D eigenvalue weighted by Gasteiger charge is 2.50. The molecular weight excluding hydrogens is 164 g/mol. The summed E-state index contributed by atoms with van der Waals surface area (Å²) in [7, 11) is -2.88. The molecule has 1 fully saturated rings. The molecule has 0 spiro atoms. The van der Waals surface area contributed by atoms with Gasteiger partial charge in [-0.1, -0.05) is 0 Å². The largest absolute Gasteiger partial charge is 0.329 e. The molecule has 0 heterocycles. The molecule has 0 saturated heterocycles. The SMILES string of the molecule is CS(=O)(=O)C[C@@H]1C[C@]1(N)CN. The zero-order chi connectivity index (χ0) is 8.70. The molecule has 2 atom stereocenters. The van der Waals surface area contributed by atoms with Crippen molar-refractivity contribution >= 4 is 9.84 Å². The molecule has 1 saturated carbocycles. The summed E-state index contributed by atoms with van der Waals surface area (Å²) in [6.45, 7) is 0.382. The predicted molar refractivity (Wildman–Crippen MR) is 43.8 cm³/mol. The van der Waals surface area contributed by atoms with Gasteiger partial charge in [-0.15, -0.1) is 0 Å². The van der Waals surface area contributed by atoms with E-state index in [0.29, 0.717) is 6.54 Å². The first kappa shape index (κ1) is 8.96. The van der Waals surface area contributed by atoms with Crippen LogP contribution in [0.15, 0.2) is 0 Å². The summed E-state index contributed by atoms with van der Waals surface area (Å²) < 4.78 is 21.6. The molecule has 5 heteroatoms. The second kappa shape index (κ2) is 2.43. The third-order valence-corrected chi connectivity index (χ3v) is 3.17. The quantitative estimate of drug-likeness (QED) is 0.563. The van der Waals surface area contributed by atoms with Gasteiger partial charge >= 0.3 is 0 Å². The van der Waals surface area contributed by atoms with Gasteiger partial charge in [0.15, 0.2) is 0 Å². The van der Waals surface area contributed by atoms with Crippen molar-refractivity contribution in [1.82, 2.24) is 0 Å². The zero-order valence-electron chi connectivity index (χ0n) is 6.58. The van der Waals surface area contributed by atoms with Gasteiger partial charge in [0.1, 0.15) is 9.84 Å². The van der Waals surface area contributed by atoms with E-state index in [9.17, 15) is 8.42 Å². The molecule has 66 valence electrons. The average Bonchev–Trinajstić information content (AvgIpc) is 2.40. The molecule has 0 unspecified atom stereocenters. The Morgan fingerprint density at radius 3 is 2.45 bits per heavy atom. The summed E-state index contributed by atoms with van der Waals surface area (Å²) in [6.07, 6.45) is 1.97. The molecular formula is C6H14N2O2S. The van der Waals surface area contributed by atoms with Gasteiger partial charge in [-0.05, 0) is 12.3 Å². The van der Waals surface area contributed by atoms with Crippen molar-refractivity contribution in [2.24, 2.45) is 17.4 Å². The fourth-order valence-electron chi connectivity index (χ4n) is 1.24. The van der Waals surface area contributed by atoms with E-state index in [1.807, 2.05) is 0 Å². The van der Waals surface area contributed by atoms with Gasteiger partial charge in [0.05, 0.1) is 5.75 Å². The lowest BCUT2D eigenvalue weighted by molar-refractivity contribution is 0.584. The van der Waals surface area contributed by atoms with Crippen LogP contribution in [0.5, 0.6) is 0 Å². The first-order chi connectivity index (χ1) is 4.87. The van der Waals surface area contributed by atoms with Crippen LogP contribution in [0, 0.1) is 5.92 Å². The zero-order valence-corrected chi connectivity index (χ0v) is 7.39. The minimum absolute atomic E-state index is 0.0856. The molecule has 0 aromatic rings. The molecule has 0 bridgehead atoms. The van der Waals surface area contributed by atoms with Crippen LogP contribution >= 0.6 is 0 Å². The summed E-state index contributed by atoms with van der Waals surface area (Å²) in [6, 6.07) is 0. The molecule has 0 radical (unpaired) electrons. The van der Waals surface area contributed by atoms with Crippen LogP contribution in [0.3, 0.4) is 0 Å². The molecule has 0 aromatic heterocycles. The summed E-state index contributed by atoms with van der Waals surface area (Å²) in [4.78, 5) is 0. The number of rotatable bonds is 3. The molecule has 4 N–H and O–H groups in total. The number of hydrogen-bond donors (Lipinski definition) is 2. The predicted octanol–water partition coefficient (Wildman–Crippen LogP) is -1.29. The van der Waals surface area contributed by atoms with Gasteiger partial charge in [0.2, 0.25) is 0 Å². The van der Waals surface area contributed by atoms with E-state index in [-0.39, 0.29) is 17.2 Å². The fraction of sp³-hybridized carbons (Fsp3) is 1.00. The Bertz CT molecular complexity index is 249. The van der Waals surface area contributed by atoms with Crippen molar-refractivity contribution in [2.75, 3.05) is 18.6 Å². The van der Waals surface area contributed by atoms with Crippen molar-refractivity contribution < 1.29 is 8.42 Å². The molecule has 0 aromatic carbocycles. The van der Waals surface area contributed by atoms with E-state index < -0.39 is 9.84 Å². The van der Waals surface area contributed by atoms with Crippen molar-refractivity contribution in [3.05, 3.63) is 0 Å². The van der Waals surface area contributed by atoms with Crippen LogP contribution in [-0.2, 0) is 9.84 Å². The second-order valence-corrected chi connectivity index (χ2v) is 5.62. The van der Waals surface area contributed by atoms with Gasteiger partial charge in [-0.3, -0.25) is 0 Å². The van der Waals surface area contributed by atoms with Crippen LogP contribution in [0.2, 0.25) is 0 Å². The molecule has 0 amide bonds. The summed E-state index contributed by atoms with van der Waals surface area (Å²) in [5.41, 5.74) is 10.7. The third kappa shape index (κ3) is 2.15. The highest BCUT2D eigenvalue weighted by atomic mass is 32.2. The minimum atomic E-state index is -2.88. The Balaban J connectivity index is 2.47. The van der Waals surface area contributed by atoms with E-state index in [1.54, 1.807) is 0 Å². The maximum absolute atomic E-state index is 10.8. The number of sulfone groups is 1. The standard InChI is InChI=1S/C6H14N2O2S/c1-11(9,10)3-5-2-6(5,8)4-7/h5H,2-4,7-8H2,1H3/t5-,6-/m0/s1. The summed E-state index contributed by atoms with van der Waals surface area (Å²) >= 11 is 0. The van der Waals surface area contributed by atoms with E-state index >= 15 is 0 Å². The van der Waals surface area contributed by atoms with Crippen molar-refractivity contribution in [3.8, 4) is 0 Å². The minimum Gasteiger partial charge on any atom is -0.329 e. The molecule has 0 aliphatic heterocycles. The maximum Gasteiger partial charge on any atom is 0.147 e. The van der Waals surface area contributed by atoms with Crippen LogP contribution in [0.1, 0.15) is 6.42 Å². The lowest BCUT2D eigenvalue weighted by Gasteiger charge is -2.05. The fourth-order valence-corrected chi connectivity index (χ4v) is 2.42. The van der Waals surface area contributed by atoms with Crippen LogP contribution in [-0.4, -0.2) is 32.5 Å². The van der Waals surface area contributed by atoms with Crippen molar-refractivity contribution in [2.45, 2.75) is 12.0 Å². The van der Waals surface area contributed by atoms with Crippen LogP contribution < -0.4 is 11.5 Å². The van der Waals surface area contributed by atoms with Gasteiger partial charge in [0, 0.05) is 18.3 Å². The van der Waals surface area contributed by atoms with E-state index in [4.69, 9.17) is 11.5 Å². The van der Waals surface area contributed by atoms with Crippen LogP contribution in [0.25, 0.3) is 0 Å². The highest BCUT2D eigenvalue weighted by Crippen LogP contribution is 2.40. The Morgan fingerprint density at radius 2 is 2.18 bits per heavy atom. The molecule has 1 aliphatic carbocycles. The lowest BCUT2D eigenvalue weighted by Crippen LogP contribution is -2.35. The molecule has 1 rings (SSSR count). The maximum atomic E-state index is 10.8. The molecule has 11 heavy (non-hydrogen) atoms. The Morgan fingerprint density at radius 1 is 1.64 bits per heavy atom. The number of hydrogen-bond acceptors (Lipinski definition) is 4. The Hall–Kier alpha value is -0.130.